The van der Waals surface area contributed by atoms with Crippen molar-refractivity contribution >= 4 is 11.0 Å². The second-order valence-corrected chi connectivity index (χ2v) is 6.13. The largest absolute Gasteiger partial charge is 0.485 e. The van der Waals surface area contributed by atoms with Gasteiger partial charge in [0.05, 0.1) is 0 Å². The molecule has 0 saturated heterocycles. The van der Waals surface area contributed by atoms with Gasteiger partial charge in [0.2, 0.25) is 0 Å². The molecule has 4 aromatic rings. The molecule has 0 unspecified atom stereocenters. The number of hydrogen-bond acceptors (Lipinski definition) is 5. The summed E-state index contributed by atoms with van der Waals surface area (Å²) in [4.78, 5) is 11.9. The third-order valence-corrected chi connectivity index (χ3v) is 4.44. The van der Waals surface area contributed by atoms with Crippen LogP contribution in [0.3, 0.4) is 0 Å². The van der Waals surface area contributed by atoms with Gasteiger partial charge in [0.25, 0.3) is 0 Å². The van der Waals surface area contributed by atoms with Crippen LogP contribution in [-0.4, -0.2) is 5.16 Å². The minimum Gasteiger partial charge on any atom is -0.485 e. The van der Waals surface area contributed by atoms with Crippen LogP contribution in [0.1, 0.15) is 16.9 Å². The Morgan fingerprint density at radius 1 is 1.00 bits per heavy atom. The fourth-order valence-corrected chi connectivity index (χ4v) is 2.80. The summed E-state index contributed by atoms with van der Waals surface area (Å²) in [7, 11) is 0. The molecule has 5 heteroatoms. The molecular weight excluding hydrogens is 330 g/mol. The van der Waals surface area contributed by atoms with E-state index in [-0.39, 0.29) is 12.2 Å². The highest BCUT2D eigenvalue weighted by atomic mass is 16.5. The highest BCUT2D eigenvalue weighted by Gasteiger charge is 2.10. The summed E-state index contributed by atoms with van der Waals surface area (Å²) < 4.78 is 16.5. The molecule has 0 fully saturated rings. The zero-order chi connectivity index (χ0) is 18.1. The molecule has 2 heterocycles. The molecule has 130 valence electrons. The summed E-state index contributed by atoms with van der Waals surface area (Å²) in [5.74, 6) is 1.21. The van der Waals surface area contributed by atoms with Crippen molar-refractivity contribution < 1.29 is 13.7 Å². The summed E-state index contributed by atoms with van der Waals surface area (Å²) in [6.45, 7) is 3.91. The first-order valence-corrected chi connectivity index (χ1v) is 8.30. The van der Waals surface area contributed by atoms with Crippen LogP contribution >= 0.6 is 0 Å². The van der Waals surface area contributed by atoms with E-state index in [4.69, 9.17) is 13.7 Å². The molecule has 0 radical (unpaired) electrons. The Morgan fingerprint density at radius 3 is 2.62 bits per heavy atom. The van der Waals surface area contributed by atoms with Crippen LogP contribution < -0.4 is 10.4 Å². The molecule has 0 N–H and O–H groups in total. The second-order valence-electron chi connectivity index (χ2n) is 6.13. The maximum atomic E-state index is 11.9. The normalized spacial score (nSPS) is 11.0. The van der Waals surface area contributed by atoms with Gasteiger partial charge in [-0.25, -0.2) is 4.79 Å². The molecule has 0 atom stereocenters. The van der Waals surface area contributed by atoms with E-state index in [0.717, 1.165) is 22.2 Å². The lowest BCUT2D eigenvalue weighted by atomic mass is 10.1. The van der Waals surface area contributed by atoms with Gasteiger partial charge >= 0.3 is 5.63 Å². The molecule has 0 saturated carbocycles. The first-order valence-electron chi connectivity index (χ1n) is 8.30. The lowest BCUT2D eigenvalue weighted by Gasteiger charge is -2.07. The van der Waals surface area contributed by atoms with Crippen LogP contribution in [0.15, 0.2) is 68.3 Å². The van der Waals surface area contributed by atoms with Crippen molar-refractivity contribution in [2.75, 3.05) is 0 Å². The van der Waals surface area contributed by atoms with E-state index in [1.54, 1.807) is 13.0 Å². The van der Waals surface area contributed by atoms with E-state index in [1.165, 1.54) is 0 Å². The standard InChI is InChI=1S/C21H17NO4/c1-13-14(2)21(23)25-20-11-16(8-9-18(13)20)24-12-17-10-19(22-26-17)15-6-4-3-5-7-15/h3-11H,12H2,1-2H3. The number of rotatable bonds is 4. The number of ether oxygens (including phenoxy) is 1. The molecule has 2 aromatic carbocycles. The Balaban J connectivity index is 1.54. The quantitative estimate of drug-likeness (QED) is 0.503. The molecule has 2 aromatic heterocycles. The Labute approximate surface area is 149 Å². The SMILES string of the molecule is Cc1c(C)c2ccc(OCc3cc(-c4ccccc4)no3)cc2oc1=O. The summed E-state index contributed by atoms with van der Waals surface area (Å²) in [6.07, 6.45) is 0. The lowest BCUT2D eigenvalue weighted by Crippen LogP contribution is -2.05. The van der Waals surface area contributed by atoms with Crippen LogP contribution in [0.4, 0.5) is 0 Å². The highest BCUT2D eigenvalue weighted by Crippen LogP contribution is 2.25. The van der Waals surface area contributed by atoms with Crippen molar-refractivity contribution in [2.45, 2.75) is 20.5 Å². The van der Waals surface area contributed by atoms with Gasteiger partial charge in [-0.2, -0.15) is 0 Å². The van der Waals surface area contributed by atoms with Crippen molar-refractivity contribution in [3.63, 3.8) is 0 Å². The van der Waals surface area contributed by atoms with Gasteiger partial charge in [0, 0.05) is 28.6 Å². The van der Waals surface area contributed by atoms with Gasteiger partial charge in [0.1, 0.15) is 23.6 Å². The predicted molar refractivity (Wildman–Crippen MR) is 98.2 cm³/mol. The molecule has 0 spiro atoms. The third-order valence-electron chi connectivity index (χ3n) is 4.44. The summed E-state index contributed by atoms with van der Waals surface area (Å²) >= 11 is 0. The fraction of sp³-hybridized carbons (Fsp3) is 0.143. The molecule has 4 rings (SSSR count). The number of benzene rings is 2. The number of aromatic nitrogens is 1. The van der Waals surface area contributed by atoms with Gasteiger partial charge in [-0.15, -0.1) is 0 Å². The van der Waals surface area contributed by atoms with Crippen molar-refractivity contribution in [1.82, 2.24) is 5.16 Å². The molecule has 0 bridgehead atoms. The molecule has 0 aliphatic rings. The first-order chi connectivity index (χ1) is 12.6. The topological polar surface area (TPSA) is 65.5 Å². The number of nitrogens with zero attached hydrogens (tertiary/aromatic N) is 1. The molecule has 26 heavy (non-hydrogen) atoms. The highest BCUT2D eigenvalue weighted by molar-refractivity contribution is 5.82. The number of aryl methyl sites for hydroxylation is 1. The Morgan fingerprint density at radius 2 is 1.81 bits per heavy atom. The lowest BCUT2D eigenvalue weighted by molar-refractivity contribution is 0.249. The number of fused-ring (bicyclic) bond motifs is 1. The van der Waals surface area contributed by atoms with Crippen LogP contribution in [0.2, 0.25) is 0 Å². The zero-order valence-corrected chi connectivity index (χ0v) is 14.5. The Bertz CT molecular complexity index is 1130. The van der Waals surface area contributed by atoms with Gasteiger partial charge < -0.3 is 13.7 Å². The molecule has 0 amide bonds. The average molecular weight is 347 g/mol. The fourth-order valence-electron chi connectivity index (χ4n) is 2.80. The third kappa shape index (κ3) is 2.99. The van der Waals surface area contributed by atoms with Crippen LogP contribution in [0.25, 0.3) is 22.2 Å². The van der Waals surface area contributed by atoms with Gasteiger partial charge in [0.15, 0.2) is 5.76 Å². The molecular formula is C21H17NO4. The first kappa shape index (κ1) is 16.1. The summed E-state index contributed by atoms with van der Waals surface area (Å²) in [5, 5.41) is 4.97. The maximum Gasteiger partial charge on any atom is 0.339 e. The van der Waals surface area contributed by atoms with Crippen molar-refractivity contribution in [2.24, 2.45) is 0 Å². The van der Waals surface area contributed by atoms with Crippen molar-refractivity contribution in [3.8, 4) is 17.0 Å². The van der Waals surface area contributed by atoms with E-state index in [1.807, 2.05) is 55.5 Å². The summed E-state index contributed by atoms with van der Waals surface area (Å²) in [6, 6.07) is 17.1. The van der Waals surface area contributed by atoms with Gasteiger partial charge in [-0.1, -0.05) is 35.5 Å². The average Bonchev–Trinajstić information content (AvgIpc) is 3.14. The number of hydrogen-bond donors (Lipinski definition) is 0. The van der Waals surface area contributed by atoms with Crippen molar-refractivity contribution in [3.05, 3.63) is 81.9 Å². The molecule has 0 aliphatic heterocycles. The minimum atomic E-state index is -0.324. The van der Waals surface area contributed by atoms with Gasteiger partial charge in [-0.05, 0) is 31.5 Å². The maximum absolute atomic E-state index is 11.9. The Hall–Kier alpha value is -3.34. The molecule has 5 nitrogen and oxygen atoms in total. The predicted octanol–water partition coefficient (Wildman–Crippen LogP) is 4.64. The Kier molecular flexibility index (Phi) is 4.05. The van der Waals surface area contributed by atoms with Crippen LogP contribution in [0.5, 0.6) is 5.75 Å². The van der Waals surface area contributed by atoms with Crippen molar-refractivity contribution in [1.29, 1.82) is 0 Å². The van der Waals surface area contributed by atoms with E-state index < -0.39 is 0 Å². The monoisotopic (exact) mass is 347 g/mol. The smallest absolute Gasteiger partial charge is 0.339 e. The van der Waals surface area contributed by atoms with E-state index in [9.17, 15) is 4.79 Å². The van der Waals surface area contributed by atoms with E-state index in [2.05, 4.69) is 5.16 Å². The van der Waals surface area contributed by atoms with E-state index in [0.29, 0.717) is 22.7 Å². The van der Waals surface area contributed by atoms with Crippen LogP contribution in [0, 0.1) is 13.8 Å². The second kappa shape index (κ2) is 6.52. The minimum absolute atomic E-state index is 0.237. The van der Waals surface area contributed by atoms with E-state index >= 15 is 0 Å². The zero-order valence-electron chi connectivity index (χ0n) is 14.5. The summed E-state index contributed by atoms with van der Waals surface area (Å²) in [5.41, 5.74) is 3.49. The van der Waals surface area contributed by atoms with Gasteiger partial charge in [-0.3, -0.25) is 0 Å². The van der Waals surface area contributed by atoms with Crippen LogP contribution in [-0.2, 0) is 6.61 Å². The molecule has 0 aliphatic carbocycles.